The number of guanidine groups is 1. The maximum absolute atomic E-state index is 5.52. The smallest absolute Gasteiger partial charge is 0.191 e. The molecule has 1 aliphatic rings. The van der Waals surface area contributed by atoms with Gasteiger partial charge in [-0.3, -0.25) is 4.99 Å². The zero-order chi connectivity index (χ0) is 15.1. The van der Waals surface area contributed by atoms with E-state index in [2.05, 4.69) is 40.7 Å². The fourth-order valence-electron chi connectivity index (χ4n) is 2.44. The van der Waals surface area contributed by atoms with Crippen LogP contribution in [0.1, 0.15) is 18.1 Å². The first-order valence-corrected chi connectivity index (χ1v) is 7.43. The average Bonchev–Trinajstić information content (AvgIpc) is 2.94. The van der Waals surface area contributed by atoms with Crippen LogP contribution >= 0.6 is 24.0 Å². The van der Waals surface area contributed by atoms with E-state index in [1.165, 1.54) is 11.1 Å². The van der Waals surface area contributed by atoms with Crippen molar-refractivity contribution in [3.8, 4) is 5.75 Å². The van der Waals surface area contributed by atoms with Crippen molar-refractivity contribution in [1.29, 1.82) is 0 Å². The molecule has 0 bridgehead atoms. The number of fused-ring (bicyclic) bond motifs is 1. The van der Waals surface area contributed by atoms with Gasteiger partial charge in [-0.1, -0.05) is 12.1 Å². The van der Waals surface area contributed by atoms with Gasteiger partial charge in [-0.15, -0.1) is 24.0 Å². The van der Waals surface area contributed by atoms with Gasteiger partial charge < -0.3 is 20.1 Å². The number of benzene rings is 1. The van der Waals surface area contributed by atoms with E-state index in [0.717, 1.165) is 37.7 Å². The topological polar surface area (TPSA) is 54.9 Å². The molecule has 0 aliphatic carbocycles. The molecule has 0 aromatic heterocycles. The summed E-state index contributed by atoms with van der Waals surface area (Å²) >= 11 is 0. The number of ether oxygens (including phenoxy) is 2. The van der Waals surface area contributed by atoms with E-state index in [1.54, 1.807) is 14.2 Å². The van der Waals surface area contributed by atoms with Crippen LogP contribution in [0.5, 0.6) is 5.75 Å². The summed E-state index contributed by atoms with van der Waals surface area (Å²) in [5.41, 5.74) is 2.65. The third kappa shape index (κ3) is 5.64. The van der Waals surface area contributed by atoms with E-state index in [4.69, 9.17) is 9.47 Å². The molecule has 1 aromatic carbocycles. The lowest BCUT2D eigenvalue weighted by Crippen LogP contribution is -2.44. The van der Waals surface area contributed by atoms with Gasteiger partial charge in [0, 0.05) is 33.2 Å². The molecule has 0 radical (unpaired) electrons. The Hall–Kier alpha value is -1.02. The van der Waals surface area contributed by atoms with Crippen LogP contribution < -0.4 is 15.4 Å². The molecule has 6 heteroatoms. The van der Waals surface area contributed by atoms with Crippen molar-refractivity contribution < 1.29 is 9.47 Å². The highest BCUT2D eigenvalue weighted by atomic mass is 127. The minimum absolute atomic E-state index is 0. The van der Waals surface area contributed by atoms with E-state index >= 15 is 0 Å². The van der Waals surface area contributed by atoms with E-state index < -0.39 is 0 Å². The molecule has 0 saturated heterocycles. The van der Waals surface area contributed by atoms with Crippen LogP contribution in [-0.4, -0.2) is 45.9 Å². The van der Waals surface area contributed by atoms with E-state index in [9.17, 15) is 0 Å². The van der Waals surface area contributed by atoms with Gasteiger partial charge in [0.2, 0.25) is 0 Å². The minimum atomic E-state index is 0. The maximum Gasteiger partial charge on any atom is 0.191 e. The zero-order valence-electron chi connectivity index (χ0n) is 13.5. The third-order valence-corrected chi connectivity index (χ3v) is 3.48. The predicted octanol–water partition coefficient (Wildman–Crippen LogP) is 1.98. The molecule has 0 saturated carbocycles. The van der Waals surface area contributed by atoms with Crippen LogP contribution in [-0.2, 0) is 17.6 Å². The first-order chi connectivity index (χ1) is 10.2. The van der Waals surface area contributed by atoms with Gasteiger partial charge in [0.25, 0.3) is 0 Å². The van der Waals surface area contributed by atoms with Crippen molar-refractivity contribution in [3.05, 3.63) is 29.3 Å². The Morgan fingerprint density at radius 2 is 2.27 bits per heavy atom. The van der Waals surface area contributed by atoms with Crippen molar-refractivity contribution in [1.82, 2.24) is 10.6 Å². The van der Waals surface area contributed by atoms with E-state index in [-0.39, 0.29) is 30.0 Å². The average molecular weight is 419 g/mol. The molecule has 2 N–H and O–H groups in total. The Morgan fingerprint density at radius 1 is 1.45 bits per heavy atom. The summed E-state index contributed by atoms with van der Waals surface area (Å²) in [5, 5.41) is 6.62. The van der Waals surface area contributed by atoms with Gasteiger partial charge in [0.05, 0.1) is 13.2 Å². The van der Waals surface area contributed by atoms with Crippen molar-refractivity contribution >= 4 is 29.9 Å². The second-order valence-corrected chi connectivity index (χ2v) is 5.29. The SMILES string of the molecule is CN=C(NCCc1ccc2c(c1)CCO2)NC(C)COC.I. The van der Waals surface area contributed by atoms with Gasteiger partial charge in [0.1, 0.15) is 5.75 Å². The molecule has 1 atom stereocenters. The van der Waals surface area contributed by atoms with Crippen LogP contribution in [0.3, 0.4) is 0 Å². The normalized spacial score (nSPS) is 14.6. The number of hydrogen-bond donors (Lipinski definition) is 2. The van der Waals surface area contributed by atoms with Crippen LogP contribution in [0, 0.1) is 0 Å². The lowest BCUT2D eigenvalue weighted by Gasteiger charge is -2.17. The monoisotopic (exact) mass is 419 g/mol. The lowest BCUT2D eigenvalue weighted by molar-refractivity contribution is 0.179. The van der Waals surface area contributed by atoms with Gasteiger partial charge in [0.15, 0.2) is 5.96 Å². The highest BCUT2D eigenvalue weighted by molar-refractivity contribution is 14.0. The van der Waals surface area contributed by atoms with Crippen LogP contribution in [0.15, 0.2) is 23.2 Å². The van der Waals surface area contributed by atoms with Gasteiger partial charge in [-0.05, 0) is 30.5 Å². The number of methoxy groups -OCH3 is 1. The van der Waals surface area contributed by atoms with Crippen molar-refractivity contribution in [2.45, 2.75) is 25.8 Å². The maximum atomic E-state index is 5.52. The number of nitrogens with zero attached hydrogens (tertiary/aromatic N) is 1. The minimum Gasteiger partial charge on any atom is -0.493 e. The predicted molar refractivity (Wildman–Crippen MR) is 101 cm³/mol. The Bertz CT molecular complexity index is 494. The Labute approximate surface area is 149 Å². The van der Waals surface area contributed by atoms with Crippen LogP contribution in [0.2, 0.25) is 0 Å². The Balaban J connectivity index is 0.00000242. The fraction of sp³-hybridized carbons (Fsp3) is 0.562. The molecular weight excluding hydrogens is 393 g/mol. The summed E-state index contributed by atoms with van der Waals surface area (Å²) in [4.78, 5) is 4.22. The summed E-state index contributed by atoms with van der Waals surface area (Å²) < 4.78 is 10.6. The molecule has 5 nitrogen and oxygen atoms in total. The molecule has 1 unspecified atom stereocenters. The second-order valence-electron chi connectivity index (χ2n) is 5.29. The molecule has 1 heterocycles. The standard InChI is InChI=1S/C16H25N3O2.HI/c1-12(11-20-3)19-16(17-2)18-8-6-13-4-5-15-14(10-13)7-9-21-15;/h4-5,10,12H,6-9,11H2,1-3H3,(H2,17,18,19);1H. The number of hydrogen-bond acceptors (Lipinski definition) is 3. The van der Waals surface area contributed by atoms with Crippen molar-refractivity contribution in [3.63, 3.8) is 0 Å². The number of nitrogens with one attached hydrogen (secondary N) is 2. The highest BCUT2D eigenvalue weighted by Crippen LogP contribution is 2.25. The highest BCUT2D eigenvalue weighted by Gasteiger charge is 2.11. The summed E-state index contributed by atoms with van der Waals surface area (Å²) in [7, 11) is 3.48. The van der Waals surface area contributed by atoms with Crippen molar-refractivity contribution in [2.24, 2.45) is 4.99 Å². The van der Waals surface area contributed by atoms with Gasteiger partial charge >= 0.3 is 0 Å². The molecule has 2 rings (SSSR count). The third-order valence-electron chi connectivity index (χ3n) is 3.48. The lowest BCUT2D eigenvalue weighted by atomic mass is 10.1. The van der Waals surface area contributed by atoms with Gasteiger partial charge in [-0.2, -0.15) is 0 Å². The summed E-state index contributed by atoms with van der Waals surface area (Å²) in [5.74, 6) is 1.85. The molecule has 0 spiro atoms. The Morgan fingerprint density at radius 3 is 3.00 bits per heavy atom. The Kier molecular flexibility index (Phi) is 8.55. The van der Waals surface area contributed by atoms with Crippen molar-refractivity contribution in [2.75, 3.05) is 33.9 Å². The zero-order valence-corrected chi connectivity index (χ0v) is 15.8. The molecule has 1 aromatic rings. The van der Waals surface area contributed by atoms with Gasteiger partial charge in [-0.25, -0.2) is 0 Å². The molecule has 1 aliphatic heterocycles. The molecule has 0 fully saturated rings. The molecule has 22 heavy (non-hydrogen) atoms. The molecule has 0 amide bonds. The second kappa shape index (κ2) is 9.89. The quantitative estimate of drug-likeness (QED) is 0.421. The van der Waals surface area contributed by atoms with Crippen LogP contribution in [0.25, 0.3) is 0 Å². The van der Waals surface area contributed by atoms with E-state index in [1.807, 2.05) is 0 Å². The number of halogens is 1. The van der Waals surface area contributed by atoms with Crippen LogP contribution in [0.4, 0.5) is 0 Å². The largest absolute Gasteiger partial charge is 0.493 e. The fourth-order valence-corrected chi connectivity index (χ4v) is 2.44. The number of rotatable bonds is 6. The summed E-state index contributed by atoms with van der Waals surface area (Å²) in [6.45, 7) is 4.38. The van der Waals surface area contributed by atoms with E-state index in [0.29, 0.717) is 6.61 Å². The molecular formula is C16H26IN3O2. The summed E-state index contributed by atoms with van der Waals surface area (Å²) in [6.07, 6.45) is 1.99. The summed E-state index contributed by atoms with van der Waals surface area (Å²) in [6, 6.07) is 6.69. The molecule has 124 valence electrons. The number of aliphatic imine (C=N–C) groups is 1. The first kappa shape index (κ1) is 19.0. The first-order valence-electron chi connectivity index (χ1n) is 7.43.